The van der Waals surface area contributed by atoms with Gasteiger partial charge in [-0.1, -0.05) is 18.2 Å². The number of rotatable bonds is 12. The molecule has 1 aromatic heterocycles. The second-order valence-corrected chi connectivity index (χ2v) is 9.84. The molecule has 0 N–H and O–H groups in total. The smallest absolute Gasteiger partial charge is 0.416 e. The van der Waals surface area contributed by atoms with E-state index in [1.807, 2.05) is 30.5 Å². The standard InChI is InChI=1S/C29H31F3N2O4S/c1-5-13-34(28(36)22-7-6-8-23(17-22)29(30,31)32)19-27(35)33(18-26-20(2)12-15-39-26)14-11-21-9-10-24(37-3)25(16-21)38-4/h5-10,12,15-17H,1,11,13-14,18-19H2,2-4H3. The van der Waals surface area contributed by atoms with Gasteiger partial charge in [-0.2, -0.15) is 13.2 Å². The van der Waals surface area contributed by atoms with E-state index in [0.717, 1.165) is 28.1 Å². The zero-order valence-electron chi connectivity index (χ0n) is 22.1. The van der Waals surface area contributed by atoms with Crippen LogP contribution in [0.5, 0.6) is 11.5 Å². The Morgan fingerprint density at radius 3 is 2.38 bits per heavy atom. The van der Waals surface area contributed by atoms with Gasteiger partial charge in [0.2, 0.25) is 5.91 Å². The first-order valence-corrected chi connectivity index (χ1v) is 13.0. The SMILES string of the molecule is C=CCN(CC(=O)N(CCc1ccc(OC)c(OC)c1)Cc1sccc1C)C(=O)c1cccc(C(F)(F)F)c1. The maximum absolute atomic E-state index is 13.6. The first-order valence-electron chi connectivity index (χ1n) is 12.2. The number of hydrogen-bond donors (Lipinski definition) is 0. The van der Waals surface area contributed by atoms with Crippen LogP contribution in [0.15, 0.2) is 66.6 Å². The normalized spacial score (nSPS) is 11.1. The summed E-state index contributed by atoms with van der Waals surface area (Å²) in [5, 5.41) is 1.95. The number of methoxy groups -OCH3 is 2. The van der Waals surface area contributed by atoms with Gasteiger partial charge in [0.15, 0.2) is 11.5 Å². The lowest BCUT2D eigenvalue weighted by molar-refractivity contribution is -0.137. The molecule has 39 heavy (non-hydrogen) atoms. The van der Waals surface area contributed by atoms with Crippen molar-refractivity contribution in [2.75, 3.05) is 33.9 Å². The molecule has 0 fully saturated rings. The number of amides is 2. The van der Waals surface area contributed by atoms with Gasteiger partial charge in [-0.25, -0.2) is 0 Å². The number of alkyl halides is 3. The zero-order valence-corrected chi connectivity index (χ0v) is 22.9. The van der Waals surface area contributed by atoms with E-state index in [4.69, 9.17) is 9.47 Å². The highest BCUT2D eigenvalue weighted by molar-refractivity contribution is 7.10. The Kier molecular flexibility index (Phi) is 10.2. The van der Waals surface area contributed by atoms with Crippen LogP contribution >= 0.6 is 11.3 Å². The van der Waals surface area contributed by atoms with Gasteiger partial charge in [0.25, 0.3) is 5.91 Å². The molecular formula is C29H31F3N2O4S. The molecule has 2 aromatic carbocycles. The van der Waals surface area contributed by atoms with Crippen LogP contribution in [0.4, 0.5) is 13.2 Å². The fraction of sp³-hybridized carbons (Fsp3) is 0.310. The third kappa shape index (κ3) is 7.86. The third-order valence-electron chi connectivity index (χ3n) is 6.17. The lowest BCUT2D eigenvalue weighted by atomic mass is 10.1. The lowest BCUT2D eigenvalue weighted by Crippen LogP contribution is -2.43. The summed E-state index contributed by atoms with van der Waals surface area (Å²) >= 11 is 1.53. The van der Waals surface area contributed by atoms with E-state index in [-0.39, 0.29) is 24.6 Å². The van der Waals surface area contributed by atoms with Gasteiger partial charge in [0.05, 0.1) is 26.3 Å². The largest absolute Gasteiger partial charge is 0.493 e. The number of benzene rings is 2. The number of carbonyl (C=O) groups is 2. The van der Waals surface area contributed by atoms with Crippen LogP contribution in [0.1, 0.15) is 31.9 Å². The quantitative estimate of drug-likeness (QED) is 0.255. The van der Waals surface area contributed by atoms with E-state index in [9.17, 15) is 22.8 Å². The van der Waals surface area contributed by atoms with Crippen molar-refractivity contribution >= 4 is 23.2 Å². The average Bonchev–Trinajstić information content (AvgIpc) is 3.33. The lowest BCUT2D eigenvalue weighted by Gasteiger charge is -2.27. The van der Waals surface area contributed by atoms with Gasteiger partial charge in [0, 0.05) is 23.5 Å². The number of carbonyl (C=O) groups excluding carboxylic acids is 2. The van der Waals surface area contributed by atoms with Gasteiger partial charge in [-0.15, -0.1) is 17.9 Å². The molecule has 0 bridgehead atoms. The van der Waals surface area contributed by atoms with Gasteiger partial charge >= 0.3 is 6.18 Å². The summed E-state index contributed by atoms with van der Waals surface area (Å²) in [6.07, 6.45) is -2.63. The van der Waals surface area contributed by atoms with Crippen LogP contribution in [0.3, 0.4) is 0 Å². The summed E-state index contributed by atoms with van der Waals surface area (Å²) in [5.74, 6) is 0.161. The van der Waals surface area contributed by atoms with Gasteiger partial charge in [-0.05, 0) is 66.2 Å². The highest BCUT2D eigenvalue weighted by Gasteiger charge is 2.31. The molecule has 0 saturated carbocycles. The van der Waals surface area contributed by atoms with Crippen molar-refractivity contribution in [3.05, 3.63) is 93.7 Å². The van der Waals surface area contributed by atoms with Crippen LogP contribution in [-0.2, 0) is 23.9 Å². The number of nitrogens with zero attached hydrogens (tertiary/aromatic N) is 2. The molecule has 0 unspecified atom stereocenters. The van der Waals surface area contributed by atoms with E-state index < -0.39 is 17.6 Å². The highest BCUT2D eigenvalue weighted by atomic mass is 32.1. The molecule has 0 radical (unpaired) electrons. The van der Waals surface area contributed by atoms with E-state index in [1.165, 1.54) is 34.4 Å². The maximum Gasteiger partial charge on any atom is 0.416 e. The summed E-state index contributed by atoms with van der Waals surface area (Å²) in [6, 6.07) is 11.7. The van der Waals surface area contributed by atoms with E-state index in [0.29, 0.717) is 31.0 Å². The topological polar surface area (TPSA) is 59.1 Å². The first-order chi connectivity index (χ1) is 18.6. The molecule has 0 aliphatic carbocycles. The minimum Gasteiger partial charge on any atom is -0.493 e. The fourth-order valence-corrected chi connectivity index (χ4v) is 4.90. The number of ether oxygens (including phenoxy) is 2. The van der Waals surface area contributed by atoms with Crippen LogP contribution in [0, 0.1) is 6.92 Å². The number of hydrogen-bond acceptors (Lipinski definition) is 5. The Bertz CT molecular complexity index is 1310. The van der Waals surface area contributed by atoms with Crippen molar-refractivity contribution in [3.63, 3.8) is 0 Å². The highest BCUT2D eigenvalue weighted by Crippen LogP contribution is 2.30. The fourth-order valence-electron chi connectivity index (χ4n) is 3.98. The summed E-state index contributed by atoms with van der Waals surface area (Å²) in [5.41, 5.74) is 0.900. The molecule has 0 spiro atoms. The van der Waals surface area contributed by atoms with Gasteiger partial charge in [-0.3, -0.25) is 9.59 Å². The predicted octanol–water partition coefficient (Wildman–Crippen LogP) is 5.99. The van der Waals surface area contributed by atoms with Crippen LogP contribution < -0.4 is 9.47 Å². The van der Waals surface area contributed by atoms with Crippen molar-refractivity contribution < 1.29 is 32.2 Å². The van der Waals surface area contributed by atoms with Crippen molar-refractivity contribution in [1.29, 1.82) is 0 Å². The molecule has 6 nitrogen and oxygen atoms in total. The van der Waals surface area contributed by atoms with Gasteiger partial charge < -0.3 is 19.3 Å². The van der Waals surface area contributed by atoms with E-state index >= 15 is 0 Å². The summed E-state index contributed by atoms with van der Waals surface area (Å²) in [6.45, 7) is 6.00. The zero-order chi connectivity index (χ0) is 28.6. The molecule has 0 saturated heterocycles. The summed E-state index contributed by atoms with van der Waals surface area (Å²) in [4.78, 5) is 30.6. The predicted molar refractivity (Wildman–Crippen MR) is 145 cm³/mol. The number of halogens is 3. The van der Waals surface area contributed by atoms with Gasteiger partial charge in [0.1, 0.15) is 6.54 Å². The first kappa shape index (κ1) is 29.8. The van der Waals surface area contributed by atoms with E-state index in [1.54, 1.807) is 25.2 Å². The molecule has 0 aliphatic rings. The maximum atomic E-state index is 13.6. The Morgan fingerprint density at radius 2 is 1.77 bits per heavy atom. The Labute approximate surface area is 230 Å². The molecule has 3 rings (SSSR count). The Morgan fingerprint density at radius 1 is 1.03 bits per heavy atom. The number of thiophene rings is 1. The van der Waals surface area contributed by atoms with Crippen LogP contribution in [-0.4, -0.2) is 55.5 Å². The second kappa shape index (κ2) is 13.3. The van der Waals surface area contributed by atoms with Crippen molar-refractivity contribution in [2.45, 2.75) is 26.1 Å². The number of aryl methyl sites for hydroxylation is 1. The van der Waals surface area contributed by atoms with E-state index in [2.05, 4.69) is 6.58 Å². The molecule has 1 heterocycles. The Balaban J connectivity index is 1.82. The van der Waals surface area contributed by atoms with Crippen molar-refractivity contribution in [3.8, 4) is 11.5 Å². The molecule has 10 heteroatoms. The minimum atomic E-state index is -4.59. The second-order valence-electron chi connectivity index (χ2n) is 8.83. The van der Waals surface area contributed by atoms with Crippen molar-refractivity contribution in [2.24, 2.45) is 0 Å². The van der Waals surface area contributed by atoms with Crippen molar-refractivity contribution in [1.82, 2.24) is 9.80 Å². The summed E-state index contributed by atoms with van der Waals surface area (Å²) in [7, 11) is 3.10. The summed E-state index contributed by atoms with van der Waals surface area (Å²) < 4.78 is 50.3. The Hall–Kier alpha value is -3.79. The molecule has 3 aromatic rings. The molecule has 208 valence electrons. The monoisotopic (exact) mass is 560 g/mol. The molecule has 2 amide bonds. The minimum absolute atomic E-state index is 0.00235. The third-order valence-corrected chi connectivity index (χ3v) is 7.18. The molecular weight excluding hydrogens is 529 g/mol. The average molecular weight is 561 g/mol. The molecule has 0 atom stereocenters. The van der Waals surface area contributed by atoms with Crippen LogP contribution in [0.2, 0.25) is 0 Å². The molecule has 0 aliphatic heterocycles. The van der Waals surface area contributed by atoms with Crippen LogP contribution in [0.25, 0.3) is 0 Å².